The van der Waals surface area contributed by atoms with Crippen LogP contribution in [-0.4, -0.2) is 34.2 Å². The Balaban J connectivity index is 2.19. The molecule has 1 aliphatic heterocycles. The average molecular weight is 267 g/mol. The second-order valence-electron chi connectivity index (χ2n) is 3.85. The van der Waals surface area contributed by atoms with Crippen molar-refractivity contribution in [2.24, 2.45) is 0 Å². The Morgan fingerprint density at radius 2 is 1.56 bits per heavy atom. The third-order valence-electron chi connectivity index (χ3n) is 2.71. The number of rotatable bonds is 3. The number of carbonyl (C=O) groups excluding carboxylic acids is 3. The van der Waals surface area contributed by atoms with E-state index >= 15 is 0 Å². The number of benzene rings is 1. The fourth-order valence-corrected chi connectivity index (χ4v) is 1.87. The Labute approximate surface area is 109 Å². The topological polar surface area (TPSA) is 57.7 Å². The minimum Gasteiger partial charge on any atom is -0.263 e. The Kier molecular flexibility index (Phi) is 3.34. The minimum atomic E-state index is -0.781. The second-order valence-corrected chi connectivity index (χ2v) is 4.29. The van der Waals surface area contributed by atoms with Crippen LogP contribution in [0.1, 0.15) is 12.5 Å². The SMILES string of the molecule is CCN1C(=O)C(=O)N(Cc2ccc(Cl)cc2)C1=O. The van der Waals surface area contributed by atoms with E-state index in [1.807, 2.05) is 0 Å². The predicted octanol–water partition coefficient (Wildman–Crippen LogP) is 1.65. The van der Waals surface area contributed by atoms with Gasteiger partial charge in [0.15, 0.2) is 0 Å². The van der Waals surface area contributed by atoms with Gasteiger partial charge in [0.2, 0.25) is 0 Å². The van der Waals surface area contributed by atoms with Gasteiger partial charge in [0.1, 0.15) is 0 Å². The molecule has 18 heavy (non-hydrogen) atoms. The Morgan fingerprint density at radius 3 is 2.06 bits per heavy atom. The molecule has 0 radical (unpaired) electrons. The van der Waals surface area contributed by atoms with Crippen molar-refractivity contribution in [2.45, 2.75) is 13.5 Å². The number of likely N-dealkylation sites (N-methyl/N-ethyl adjacent to an activating group) is 1. The summed E-state index contributed by atoms with van der Waals surface area (Å²) in [4.78, 5) is 36.8. The van der Waals surface area contributed by atoms with Crippen LogP contribution in [0, 0.1) is 0 Å². The maximum absolute atomic E-state index is 11.8. The van der Waals surface area contributed by atoms with Crippen molar-refractivity contribution >= 4 is 29.4 Å². The van der Waals surface area contributed by atoms with Crippen LogP contribution in [0.4, 0.5) is 4.79 Å². The zero-order chi connectivity index (χ0) is 13.3. The summed E-state index contributed by atoms with van der Waals surface area (Å²) in [6.45, 7) is 1.92. The van der Waals surface area contributed by atoms with E-state index in [-0.39, 0.29) is 13.1 Å². The first-order valence-electron chi connectivity index (χ1n) is 5.46. The first-order chi connectivity index (χ1) is 8.54. The number of carbonyl (C=O) groups is 3. The van der Waals surface area contributed by atoms with E-state index in [0.717, 1.165) is 15.4 Å². The van der Waals surface area contributed by atoms with Gasteiger partial charge < -0.3 is 0 Å². The number of nitrogens with zero attached hydrogens (tertiary/aromatic N) is 2. The van der Waals surface area contributed by atoms with Crippen molar-refractivity contribution in [1.29, 1.82) is 0 Å². The summed E-state index contributed by atoms with van der Waals surface area (Å²) >= 11 is 5.74. The molecule has 4 amide bonds. The zero-order valence-corrected chi connectivity index (χ0v) is 10.5. The van der Waals surface area contributed by atoms with Gasteiger partial charge in [0, 0.05) is 11.6 Å². The van der Waals surface area contributed by atoms with E-state index in [4.69, 9.17) is 11.6 Å². The number of hydrogen-bond donors (Lipinski definition) is 0. The lowest BCUT2D eigenvalue weighted by molar-refractivity contribution is -0.143. The lowest BCUT2D eigenvalue weighted by atomic mass is 10.2. The summed E-state index contributed by atoms with van der Waals surface area (Å²) in [5.74, 6) is -1.55. The molecule has 0 aliphatic carbocycles. The van der Waals surface area contributed by atoms with Crippen molar-refractivity contribution in [1.82, 2.24) is 9.80 Å². The average Bonchev–Trinajstić information content (AvgIpc) is 2.56. The standard InChI is InChI=1S/C12H11ClN2O3/c1-2-14-10(16)11(17)15(12(14)18)7-8-3-5-9(13)6-4-8/h3-6H,2,7H2,1H3. The van der Waals surface area contributed by atoms with Gasteiger partial charge in [-0.3, -0.25) is 19.4 Å². The van der Waals surface area contributed by atoms with Crippen molar-refractivity contribution in [2.75, 3.05) is 6.54 Å². The van der Waals surface area contributed by atoms with E-state index < -0.39 is 17.8 Å². The van der Waals surface area contributed by atoms with Crippen LogP contribution in [0.25, 0.3) is 0 Å². The van der Waals surface area contributed by atoms with Gasteiger partial charge in [0.05, 0.1) is 6.54 Å². The van der Waals surface area contributed by atoms with Crippen LogP contribution < -0.4 is 0 Å². The molecular weight excluding hydrogens is 256 g/mol. The monoisotopic (exact) mass is 266 g/mol. The number of halogens is 1. The highest BCUT2D eigenvalue weighted by Crippen LogP contribution is 2.17. The number of urea groups is 1. The van der Waals surface area contributed by atoms with E-state index in [0.29, 0.717) is 5.02 Å². The van der Waals surface area contributed by atoms with Crippen molar-refractivity contribution in [3.8, 4) is 0 Å². The van der Waals surface area contributed by atoms with Gasteiger partial charge >= 0.3 is 17.8 Å². The maximum Gasteiger partial charge on any atom is 0.334 e. The highest BCUT2D eigenvalue weighted by molar-refractivity contribution is 6.44. The minimum absolute atomic E-state index is 0.0804. The van der Waals surface area contributed by atoms with Crippen LogP contribution in [0.2, 0.25) is 5.02 Å². The molecule has 1 fully saturated rings. The van der Waals surface area contributed by atoms with Crippen LogP contribution in [0.3, 0.4) is 0 Å². The molecular formula is C12H11ClN2O3. The molecule has 2 rings (SSSR count). The molecule has 0 aromatic heterocycles. The number of hydrogen-bond acceptors (Lipinski definition) is 3. The van der Waals surface area contributed by atoms with Crippen LogP contribution in [0.15, 0.2) is 24.3 Å². The zero-order valence-electron chi connectivity index (χ0n) is 9.72. The summed E-state index contributed by atoms with van der Waals surface area (Å²) in [5, 5.41) is 0.573. The van der Waals surface area contributed by atoms with Gasteiger partial charge in [-0.25, -0.2) is 4.79 Å². The van der Waals surface area contributed by atoms with Crippen LogP contribution >= 0.6 is 11.6 Å². The van der Waals surface area contributed by atoms with Gasteiger partial charge in [-0.2, -0.15) is 0 Å². The summed E-state index contributed by atoms with van der Waals surface area (Å²) in [5.41, 5.74) is 0.742. The lowest BCUT2D eigenvalue weighted by Gasteiger charge is -2.14. The molecule has 0 bridgehead atoms. The second kappa shape index (κ2) is 4.78. The summed E-state index contributed by atoms with van der Waals surface area (Å²) < 4.78 is 0. The molecule has 6 heteroatoms. The Hall–Kier alpha value is -1.88. The first kappa shape index (κ1) is 12.6. The van der Waals surface area contributed by atoms with E-state index in [2.05, 4.69) is 0 Å². The van der Waals surface area contributed by atoms with Gasteiger partial charge in [-0.15, -0.1) is 0 Å². The molecule has 0 spiro atoms. The molecule has 1 aromatic rings. The fraction of sp³-hybridized carbons (Fsp3) is 0.250. The number of amides is 4. The first-order valence-corrected chi connectivity index (χ1v) is 5.84. The van der Waals surface area contributed by atoms with Crippen molar-refractivity contribution in [3.63, 3.8) is 0 Å². The molecule has 0 saturated carbocycles. The highest BCUT2D eigenvalue weighted by Gasteiger charge is 2.43. The smallest absolute Gasteiger partial charge is 0.263 e. The molecule has 0 atom stereocenters. The molecule has 1 heterocycles. The molecule has 0 unspecified atom stereocenters. The van der Waals surface area contributed by atoms with E-state index in [1.165, 1.54) is 0 Å². The van der Waals surface area contributed by atoms with Crippen molar-refractivity contribution in [3.05, 3.63) is 34.9 Å². The summed E-state index contributed by atoms with van der Waals surface area (Å²) in [6.07, 6.45) is 0. The Bertz CT molecular complexity index is 513. The van der Waals surface area contributed by atoms with Gasteiger partial charge in [-0.1, -0.05) is 23.7 Å². The van der Waals surface area contributed by atoms with Gasteiger partial charge in [0.25, 0.3) is 0 Å². The van der Waals surface area contributed by atoms with Crippen LogP contribution in [-0.2, 0) is 16.1 Å². The molecule has 1 saturated heterocycles. The molecule has 94 valence electrons. The number of imide groups is 2. The van der Waals surface area contributed by atoms with Crippen LogP contribution in [0.5, 0.6) is 0 Å². The molecule has 1 aliphatic rings. The Morgan fingerprint density at radius 1 is 1.00 bits per heavy atom. The lowest BCUT2D eigenvalue weighted by Crippen LogP contribution is -2.32. The highest BCUT2D eigenvalue weighted by atomic mass is 35.5. The molecule has 5 nitrogen and oxygen atoms in total. The van der Waals surface area contributed by atoms with Crippen molar-refractivity contribution < 1.29 is 14.4 Å². The largest absolute Gasteiger partial charge is 0.334 e. The summed E-state index contributed by atoms with van der Waals surface area (Å²) in [7, 11) is 0. The van der Waals surface area contributed by atoms with E-state index in [1.54, 1.807) is 31.2 Å². The quantitative estimate of drug-likeness (QED) is 0.617. The molecule has 0 N–H and O–H groups in total. The van der Waals surface area contributed by atoms with Gasteiger partial charge in [-0.05, 0) is 24.6 Å². The molecule has 1 aromatic carbocycles. The summed E-state index contributed by atoms with van der Waals surface area (Å²) in [6, 6.07) is 6.19. The third kappa shape index (κ3) is 2.09. The normalized spacial score (nSPS) is 15.8. The predicted molar refractivity (Wildman–Crippen MR) is 64.8 cm³/mol. The fourth-order valence-electron chi connectivity index (χ4n) is 1.74. The maximum atomic E-state index is 11.8. The third-order valence-corrected chi connectivity index (χ3v) is 2.96. The van der Waals surface area contributed by atoms with E-state index in [9.17, 15) is 14.4 Å².